The van der Waals surface area contributed by atoms with Gasteiger partial charge in [0.05, 0.1) is 5.02 Å². The van der Waals surface area contributed by atoms with E-state index in [0.717, 1.165) is 22.2 Å². The van der Waals surface area contributed by atoms with Crippen LogP contribution in [0.1, 0.15) is 11.1 Å². The summed E-state index contributed by atoms with van der Waals surface area (Å²) >= 11 is 6.23. The Morgan fingerprint density at radius 1 is 1.18 bits per heavy atom. The van der Waals surface area contributed by atoms with Gasteiger partial charge in [0.1, 0.15) is 11.3 Å². The Labute approximate surface area is 167 Å². The van der Waals surface area contributed by atoms with Gasteiger partial charge in [0.2, 0.25) is 0 Å². The van der Waals surface area contributed by atoms with Gasteiger partial charge in [-0.2, -0.15) is 0 Å². The molecule has 0 aliphatic heterocycles. The number of halogens is 1. The molecule has 0 unspecified atom stereocenters. The molecule has 1 N–H and O–H groups in total. The minimum Gasteiger partial charge on any atom is -0.482 e. The molecule has 7 heteroatoms. The van der Waals surface area contributed by atoms with Crippen LogP contribution in [0.5, 0.6) is 5.75 Å². The fourth-order valence-corrected chi connectivity index (χ4v) is 2.96. The lowest BCUT2D eigenvalue weighted by molar-refractivity contribution is -0.123. The molecule has 0 saturated heterocycles. The van der Waals surface area contributed by atoms with Crippen LogP contribution in [0.25, 0.3) is 11.0 Å². The summed E-state index contributed by atoms with van der Waals surface area (Å²) in [5, 5.41) is 3.87. The largest absolute Gasteiger partial charge is 0.482 e. The van der Waals surface area contributed by atoms with Gasteiger partial charge in [-0.3, -0.25) is 4.79 Å². The summed E-state index contributed by atoms with van der Waals surface area (Å²) in [7, 11) is 3.94. The van der Waals surface area contributed by atoms with Gasteiger partial charge in [0.25, 0.3) is 5.91 Å². The van der Waals surface area contributed by atoms with Crippen LogP contribution in [0, 0.1) is 6.92 Å². The van der Waals surface area contributed by atoms with E-state index in [9.17, 15) is 9.59 Å². The average Bonchev–Trinajstić information content (AvgIpc) is 2.65. The second-order valence-electron chi connectivity index (χ2n) is 6.65. The van der Waals surface area contributed by atoms with Crippen molar-refractivity contribution in [2.24, 2.45) is 0 Å². The fourth-order valence-electron chi connectivity index (χ4n) is 2.74. The summed E-state index contributed by atoms with van der Waals surface area (Å²) < 4.78 is 10.7. The van der Waals surface area contributed by atoms with Crippen LogP contribution >= 0.6 is 11.6 Å². The molecule has 0 radical (unpaired) electrons. The van der Waals surface area contributed by atoms with E-state index in [0.29, 0.717) is 17.2 Å². The van der Waals surface area contributed by atoms with Crippen molar-refractivity contribution in [3.63, 3.8) is 0 Å². The van der Waals surface area contributed by atoms with E-state index in [2.05, 4.69) is 5.32 Å². The number of rotatable bonds is 6. The fraction of sp³-hybridized carbons (Fsp3) is 0.238. The van der Waals surface area contributed by atoms with Crippen LogP contribution in [0.15, 0.2) is 51.7 Å². The van der Waals surface area contributed by atoms with Crippen molar-refractivity contribution in [2.75, 3.05) is 25.6 Å². The van der Waals surface area contributed by atoms with Crippen LogP contribution in [0.4, 0.5) is 5.69 Å². The molecule has 0 bridgehead atoms. The summed E-state index contributed by atoms with van der Waals surface area (Å²) in [6, 6.07) is 12.5. The molecule has 1 amide bonds. The Hall–Kier alpha value is -2.99. The summed E-state index contributed by atoms with van der Waals surface area (Å²) in [6.07, 6.45) is 0. The molecule has 0 aliphatic carbocycles. The molecular formula is C21H21ClN2O4. The number of hydrogen-bond acceptors (Lipinski definition) is 5. The van der Waals surface area contributed by atoms with E-state index in [1.54, 1.807) is 13.0 Å². The maximum atomic E-state index is 12.1. The molecule has 3 aromatic rings. The third-order valence-electron chi connectivity index (χ3n) is 4.31. The van der Waals surface area contributed by atoms with Crippen LogP contribution in [0.3, 0.4) is 0 Å². The molecule has 0 fully saturated rings. The van der Waals surface area contributed by atoms with Gasteiger partial charge in [0, 0.05) is 43.8 Å². The molecule has 28 heavy (non-hydrogen) atoms. The number of nitrogens with one attached hydrogen (secondary N) is 1. The zero-order valence-electron chi connectivity index (χ0n) is 15.9. The first kappa shape index (κ1) is 19.8. The quantitative estimate of drug-likeness (QED) is 0.641. The van der Waals surface area contributed by atoms with Gasteiger partial charge in [-0.05, 0) is 36.2 Å². The van der Waals surface area contributed by atoms with Crippen molar-refractivity contribution in [1.82, 2.24) is 5.32 Å². The first-order valence-electron chi connectivity index (χ1n) is 8.73. The topological polar surface area (TPSA) is 71.8 Å². The van der Waals surface area contributed by atoms with Gasteiger partial charge < -0.3 is 19.4 Å². The van der Waals surface area contributed by atoms with Crippen LogP contribution in [-0.4, -0.2) is 26.6 Å². The lowest BCUT2D eigenvalue weighted by Crippen LogP contribution is -2.28. The van der Waals surface area contributed by atoms with E-state index < -0.39 is 5.63 Å². The van der Waals surface area contributed by atoms with Crippen molar-refractivity contribution in [3.8, 4) is 5.75 Å². The van der Waals surface area contributed by atoms with E-state index in [4.69, 9.17) is 20.8 Å². The normalized spacial score (nSPS) is 10.7. The number of amides is 1. The maximum absolute atomic E-state index is 12.1. The molecule has 0 atom stereocenters. The highest BCUT2D eigenvalue weighted by Gasteiger charge is 2.11. The zero-order valence-corrected chi connectivity index (χ0v) is 16.7. The predicted molar refractivity (Wildman–Crippen MR) is 110 cm³/mol. The van der Waals surface area contributed by atoms with Crippen molar-refractivity contribution in [3.05, 3.63) is 69.0 Å². The number of anilines is 1. The van der Waals surface area contributed by atoms with E-state index >= 15 is 0 Å². The van der Waals surface area contributed by atoms with E-state index in [1.165, 1.54) is 12.1 Å². The summed E-state index contributed by atoms with van der Waals surface area (Å²) in [5.74, 6) is 0.00643. The second-order valence-corrected chi connectivity index (χ2v) is 7.06. The van der Waals surface area contributed by atoms with Crippen molar-refractivity contribution in [2.45, 2.75) is 13.5 Å². The summed E-state index contributed by atoms with van der Waals surface area (Å²) in [5.41, 5.74) is 2.76. The molecule has 1 aromatic heterocycles. The van der Waals surface area contributed by atoms with E-state index in [1.807, 2.05) is 43.3 Å². The van der Waals surface area contributed by atoms with E-state index in [-0.39, 0.29) is 18.3 Å². The Morgan fingerprint density at radius 2 is 1.89 bits per heavy atom. The monoisotopic (exact) mass is 400 g/mol. The maximum Gasteiger partial charge on any atom is 0.336 e. The standard InChI is InChI=1S/C21H21ClN2O4/c1-13-8-21(26)28-18-10-19(17(22)9-16(13)18)27-12-20(25)23-11-14-4-6-15(7-5-14)24(2)3/h4-10H,11-12H2,1-3H3,(H,23,25). The smallest absolute Gasteiger partial charge is 0.336 e. The molecule has 0 aliphatic rings. The number of aryl methyl sites for hydroxylation is 1. The highest BCUT2D eigenvalue weighted by molar-refractivity contribution is 6.32. The molecular weight excluding hydrogens is 380 g/mol. The number of benzene rings is 2. The molecule has 146 valence electrons. The average molecular weight is 401 g/mol. The number of carbonyl (C=O) groups excluding carboxylic acids is 1. The van der Waals surface area contributed by atoms with Gasteiger partial charge in [-0.1, -0.05) is 23.7 Å². The zero-order chi connectivity index (χ0) is 20.3. The SMILES string of the molecule is Cc1cc(=O)oc2cc(OCC(=O)NCc3ccc(N(C)C)cc3)c(Cl)cc12. The van der Waals surface area contributed by atoms with Crippen molar-refractivity contribution in [1.29, 1.82) is 0 Å². The predicted octanol–water partition coefficient (Wildman–Crippen LogP) is 3.52. The van der Waals surface area contributed by atoms with Gasteiger partial charge in [0.15, 0.2) is 6.61 Å². The number of ether oxygens (including phenoxy) is 1. The first-order chi connectivity index (χ1) is 13.3. The van der Waals surface area contributed by atoms with Crippen LogP contribution in [-0.2, 0) is 11.3 Å². The Balaban J connectivity index is 1.61. The lowest BCUT2D eigenvalue weighted by atomic mass is 10.1. The third kappa shape index (κ3) is 4.64. The van der Waals surface area contributed by atoms with Crippen LogP contribution < -0.4 is 20.6 Å². The summed E-state index contributed by atoms with van der Waals surface area (Å²) in [6.45, 7) is 2.00. The van der Waals surface area contributed by atoms with Gasteiger partial charge >= 0.3 is 5.63 Å². The van der Waals surface area contributed by atoms with Crippen LogP contribution in [0.2, 0.25) is 5.02 Å². The highest BCUT2D eigenvalue weighted by Crippen LogP contribution is 2.30. The number of carbonyl (C=O) groups is 1. The number of fused-ring (bicyclic) bond motifs is 1. The lowest BCUT2D eigenvalue weighted by Gasteiger charge is -2.13. The van der Waals surface area contributed by atoms with Gasteiger partial charge in [-0.25, -0.2) is 4.79 Å². The Morgan fingerprint density at radius 3 is 2.57 bits per heavy atom. The van der Waals surface area contributed by atoms with Gasteiger partial charge in [-0.15, -0.1) is 0 Å². The molecule has 0 saturated carbocycles. The molecule has 3 rings (SSSR count). The summed E-state index contributed by atoms with van der Waals surface area (Å²) in [4.78, 5) is 25.6. The molecule has 1 heterocycles. The molecule has 0 spiro atoms. The first-order valence-corrected chi connectivity index (χ1v) is 9.11. The highest BCUT2D eigenvalue weighted by atomic mass is 35.5. The second kappa shape index (κ2) is 8.35. The number of nitrogens with zero attached hydrogens (tertiary/aromatic N) is 1. The Kier molecular flexibility index (Phi) is 5.90. The third-order valence-corrected chi connectivity index (χ3v) is 4.60. The van der Waals surface area contributed by atoms with Crippen molar-refractivity contribution < 1.29 is 13.9 Å². The number of hydrogen-bond donors (Lipinski definition) is 1. The molecule has 6 nitrogen and oxygen atoms in total. The minimum absolute atomic E-state index is 0.197. The molecule has 2 aromatic carbocycles. The Bertz CT molecular complexity index is 1060. The minimum atomic E-state index is -0.448. The van der Waals surface area contributed by atoms with Crippen molar-refractivity contribution >= 4 is 34.2 Å².